The van der Waals surface area contributed by atoms with Gasteiger partial charge in [-0.05, 0) is 45.7 Å². The third-order valence-electron chi connectivity index (χ3n) is 4.67. The number of fused-ring (bicyclic) bond motifs is 1. The fraction of sp³-hybridized carbons (Fsp3) is 0.450. The summed E-state index contributed by atoms with van der Waals surface area (Å²) in [4.78, 5) is 13.7. The Labute approximate surface area is 170 Å². The second-order valence-corrected chi connectivity index (χ2v) is 8.08. The van der Waals surface area contributed by atoms with Crippen molar-refractivity contribution in [1.29, 1.82) is 0 Å². The van der Waals surface area contributed by atoms with Crippen molar-refractivity contribution in [3.05, 3.63) is 30.1 Å². The van der Waals surface area contributed by atoms with Crippen molar-refractivity contribution in [2.45, 2.75) is 52.3 Å². The molecule has 29 heavy (non-hydrogen) atoms. The molecule has 156 valence electrons. The van der Waals surface area contributed by atoms with Crippen molar-refractivity contribution >= 4 is 34.3 Å². The number of hydrogen-bond acceptors (Lipinski definition) is 8. The summed E-state index contributed by atoms with van der Waals surface area (Å²) in [6.45, 7) is 8.70. The highest BCUT2D eigenvalue weighted by atomic mass is 16.3. The third kappa shape index (κ3) is 4.86. The Morgan fingerprint density at radius 1 is 1.17 bits per heavy atom. The van der Waals surface area contributed by atoms with Crippen molar-refractivity contribution in [3.63, 3.8) is 0 Å². The molecular formula is C20H30N8O. The predicted octanol–water partition coefficient (Wildman–Crippen LogP) is 2.76. The number of nitrogens with two attached hydrogens (primary N) is 2. The highest BCUT2D eigenvalue weighted by Crippen LogP contribution is 2.25. The maximum absolute atomic E-state index is 9.94. The van der Waals surface area contributed by atoms with Gasteiger partial charge < -0.3 is 31.8 Å². The molecule has 0 aliphatic rings. The summed E-state index contributed by atoms with van der Waals surface area (Å²) in [7, 11) is 0. The van der Waals surface area contributed by atoms with Gasteiger partial charge in [0.05, 0.1) is 23.3 Å². The van der Waals surface area contributed by atoms with Crippen molar-refractivity contribution in [2.24, 2.45) is 0 Å². The largest absolute Gasteiger partial charge is 0.397 e. The van der Waals surface area contributed by atoms with E-state index in [1.165, 1.54) is 0 Å². The first kappa shape index (κ1) is 20.7. The van der Waals surface area contributed by atoms with Crippen LogP contribution in [0.3, 0.4) is 0 Å². The van der Waals surface area contributed by atoms with E-state index in [-0.39, 0.29) is 6.04 Å². The molecule has 0 saturated carbocycles. The van der Waals surface area contributed by atoms with E-state index >= 15 is 0 Å². The molecule has 0 unspecified atom stereocenters. The first-order chi connectivity index (χ1) is 13.7. The highest BCUT2D eigenvalue weighted by Gasteiger charge is 2.16. The molecule has 0 saturated heterocycles. The summed E-state index contributed by atoms with van der Waals surface area (Å²) in [6.07, 6.45) is 2.34. The molecule has 0 aliphatic carbocycles. The molecule has 1 aromatic carbocycles. The fourth-order valence-electron chi connectivity index (χ4n) is 2.94. The SMILES string of the molecule is CC(C)n1cnc2c(NCc3cccc(N)c3N)nc(NCCC(C)(C)O)nc21. The highest BCUT2D eigenvalue weighted by molar-refractivity contribution is 5.84. The summed E-state index contributed by atoms with van der Waals surface area (Å²) >= 11 is 0. The summed E-state index contributed by atoms with van der Waals surface area (Å²) < 4.78 is 2.00. The van der Waals surface area contributed by atoms with Crippen LogP contribution in [0.1, 0.15) is 45.7 Å². The van der Waals surface area contributed by atoms with E-state index in [4.69, 9.17) is 11.5 Å². The van der Waals surface area contributed by atoms with Crippen molar-refractivity contribution in [2.75, 3.05) is 28.6 Å². The van der Waals surface area contributed by atoms with Crippen molar-refractivity contribution < 1.29 is 5.11 Å². The number of nitrogens with zero attached hydrogens (tertiary/aromatic N) is 4. The van der Waals surface area contributed by atoms with E-state index in [0.29, 0.717) is 48.2 Å². The molecule has 0 atom stereocenters. The van der Waals surface area contributed by atoms with Gasteiger partial charge in [-0.15, -0.1) is 0 Å². The van der Waals surface area contributed by atoms with E-state index < -0.39 is 5.60 Å². The molecule has 7 N–H and O–H groups in total. The Morgan fingerprint density at radius 3 is 2.62 bits per heavy atom. The van der Waals surface area contributed by atoms with Gasteiger partial charge in [-0.2, -0.15) is 9.97 Å². The van der Waals surface area contributed by atoms with Crippen molar-refractivity contribution in [3.8, 4) is 0 Å². The van der Waals surface area contributed by atoms with E-state index in [0.717, 1.165) is 11.2 Å². The summed E-state index contributed by atoms with van der Waals surface area (Å²) in [6, 6.07) is 5.77. The Hall–Kier alpha value is -3.07. The minimum absolute atomic E-state index is 0.205. The summed E-state index contributed by atoms with van der Waals surface area (Å²) in [5, 5.41) is 16.5. The summed E-state index contributed by atoms with van der Waals surface area (Å²) in [5.74, 6) is 1.09. The van der Waals surface area contributed by atoms with Gasteiger partial charge in [-0.25, -0.2) is 4.98 Å². The Balaban J connectivity index is 1.90. The number of aliphatic hydroxyl groups is 1. The number of aromatic nitrogens is 4. The van der Waals surface area contributed by atoms with Crippen LogP contribution in [0.15, 0.2) is 24.5 Å². The monoisotopic (exact) mass is 398 g/mol. The van der Waals surface area contributed by atoms with Gasteiger partial charge in [-0.3, -0.25) is 0 Å². The quantitative estimate of drug-likeness (QED) is 0.365. The lowest BCUT2D eigenvalue weighted by Crippen LogP contribution is -2.23. The molecule has 9 nitrogen and oxygen atoms in total. The van der Waals surface area contributed by atoms with Gasteiger partial charge in [0, 0.05) is 19.1 Å². The van der Waals surface area contributed by atoms with Crippen LogP contribution in [0.5, 0.6) is 0 Å². The zero-order valence-corrected chi connectivity index (χ0v) is 17.4. The van der Waals surface area contributed by atoms with E-state index in [9.17, 15) is 5.11 Å². The maximum Gasteiger partial charge on any atom is 0.226 e. The van der Waals surface area contributed by atoms with Gasteiger partial charge in [0.25, 0.3) is 0 Å². The second kappa shape index (κ2) is 8.12. The molecule has 2 aromatic heterocycles. The van der Waals surface area contributed by atoms with Gasteiger partial charge >= 0.3 is 0 Å². The smallest absolute Gasteiger partial charge is 0.226 e. The number of anilines is 4. The van der Waals surface area contributed by atoms with Gasteiger partial charge in [-0.1, -0.05) is 12.1 Å². The van der Waals surface area contributed by atoms with Crippen LogP contribution < -0.4 is 22.1 Å². The second-order valence-electron chi connectivity index (χ2n) is 8.08. The van der Waals surface area contributed by atoms with Crippen molar-refractivity contribution in [1.82, 2.24) is 19.5 Å². The lowest BCUT2D eigenvalue weighted by Gasteiger charge is -2.17. The molecule has 9 heteroatoms. The normalized spacial score (nSPS) is 11.9. The van der Waals surface area contributed by atoms with Crippen LogP contribution >= 0.6 is 0 Å². The molecule has 0 spiro atoms. The zero-order chi connectivity index (χ0) is 21.2. The zero-order valence-electron chi connectivity index (χ0n) is 17.4. The molecule has 0 bridgehead atoms. The molecule has 0 fully saturated rings. The van der Waals surface area contributed by atoms with Gasteiger partial charge in [0.2, 0.25) is 5.95 Å². The summed E-state index contributed by atoms with van der Waals surface area (Å²) in [5.41, 5.74) is 14.7. The van der Waals surface area contributed by atoms with Crippen LogP contribution in [0.25, 0.3) is 11.2 Å². The third-order valence-corrected chi connectivity index (χ3v) is 4.67. The molecule has 0 amide bonds. The average Bonchev–Trinajstić information content (AvgIpc) is 3.06. The lowest BCUT2D eigenvalue weighted by atomic mass is 10.1. The molecule has 2 heterocycles. The number of nitrogens with one attached hydrogen (secondary N) is 2. The molecule has 3 aromatic rings. The minimum Gasteiger partial charge on any atom is -0.397 e. The Bertz CT molecular complexity index is 990. The number of hydrogen-bond donors (Lipinski definition) is 5. The topological polar surface area (TPSA) is 140 Å². The average molecular weight is 399 g/mol. The number of rotatable bonds is 8. The maximum atomic E-state index is 9.94. The van der Waals surface area contributed by atoms with Crippen LogP contribution in [-0.2, 0) is 6.54 Å². The van der Waals surface area contributed by atoms with Crippen LogP contribution in [-0.4, -0.2) is 36.8 Å². The Morgan fingerprint density at radius 2 is 1.93 bits per heavy atom. The molecular weight excluding hydrogens is 368 g/mol. The molecule has 0 aliphatic heterocycles. The van der Waals surface area contributed by atoms with Crippen LogP contribution in [0.4, 0.5) is 23.1 Å². The van der Waals surface area contributed by atoms with Gasteiger partial charge in [0.1, 0.15) is 0 Å². The lowest BCUT2D eigenvalue weighted by molar-refractivity contribution is 0.0748. The first-order valence-electron chi connectivity index (χ1n) is 9.73. The first-order valence-corrected chi connectivity index (χ1v) is 9.73. The fourth-order valence-corrected chi connectivity index (χ4v) is 2.94. The van der Waals surface area contributed by atoms with Crippen LogP contribution in [0.2, 0.25) is 0 Å². The van der Waals surface area contributed by atoms with Crippen LogP contribution in [0, 0.1) is 0 Å². The van der Waals surface area contributed by atoms with E-state index in [1.807, 2.05) is 16.7 Å². The molecule has 0 radical (unpaired) electrons. The van der Waals surface area contributed by atoms with E-state index in [2.05, 4.69) is 39.4 Å². The number of para-hydroxylation sites is 1. The molecule has 3 rings (SSSR count). The number of imidazole rings is 1. The van der Waals surface area contributed by atoms with E-state index in [1.54, 1.807) is 26.2 Å². The Kier molecular flexibility index (Phi) is 5.78. The van der Waals surface area contributed by atoms with Gasteiger partial charge in [0.15, 0.2) is 17.0 Å². The minimum atomic E-state index is -0.761. The predicted molar refractivity (Wildman–Crippen MR) is 118 cm³/mol. The number of benzene rings is 1. The standard InChI is InChI=1S/C20H30N8O/c1-12(2)28-11-25-16-17(24-10-13-6-5-7-14(21)15(13)22)26-19(27-18(16)28)23-9-8-20(3,4)29/h5-7,11-12,29H,8-10,21-22H2,1-4H3,(H2,23,24,26,27). The number of nitrogen functional groups attached to an aromatic ring is 2.